The summed E-state index contributed by atoms with van der Waals surface area (Å²) in [5.74, 6) is -5.48. The molecule has 2 aromatic rings. The first kappa shape index (κ1) is 24.0. The van der Waals surface area contributed by atoms with Crippen LogP contribution in [0.2, 0.25) is 0 Å². The van der Waals surface area contributed by atoms with Crippen LogP contribution < -0.4 is 15.4 Å². The predicted octanol–water partition coefficient (Wildman–Crippen LogP) is 3.26. The fourth-order valence-corrected chi connectivity index (χ4v) is 3.28. The summed E-state index contributed by atoms with van der Waals surface area (Å²) < 4.78 is 90.3. The number of benzene rings is 1. The highest BCUT2D eigenvalue weighted by molar-refractivity contribution is 7.92. The molecule has 0 radical (unpaired) electrons. The third kappa shape index (κ3) is 7.16. The summed E-state index contributed by atoms with van der Waals surface area (Å²) in [5, 5.41) is 4.26. The maximum atomic E-state index is 14.6. The molecule has 168 valence electrons. The van der Waals surface area contributed by atoms with Crippen molar-refractivity contribution in [2.24, 2.45) is 0 Å². The maximum Gasteiger partial charge on any atom is 0.390 e. The van der Waals surface area contributed by atoms with E-state index in [4.69, 9.17) is 0 Å². The molecule has 0 aliphatic rings. The summed E-state index contributed by atoms with van der Waals surface area (Å²) in [6.45, 7) is 1.23. The fraction of sp³-hybridized carbons (Fsp3) is 0.235. The highest BCUT2D eigenvalue weighted by Gasteiger charge is 2.30. The van der Waals surface area contributed by atoms with Crippen LogP contribution in [-0.2, 0) is 14.8 Å². The highest BCUT2D eigenvalue weighted by Crippen LogP contribution is 2.28. The van der Waals surface area contributed by atoms with Crippen LogP contribution >= 0.6 is 0 Å². The molecular weight excluding hydrogens is 451 g/mol. The number of rotatable bonds is 7. The number of carbonyl (C=O) groups excluding carboxylic acids is 2. The lowest BCUT2D eigenvalue weighted by molar-refractivity contribution is -0.130. The van der Waals surface area contributed by atoms with Gasteiger partial charge in [-0.25, -0.2) is 22.2 Å². The standard InChI is InChI=1S/C17H15F5N4O4S/c1-9(27)24-13-5-2-10(8-23-13)16(28)25-15-11(18)3-4-12(14(15)19)26-31(29,30)7-6-17(20,21)22/h2-5,8,26H,6-7H2,1H3,(H,25,28)(H,23,24,27). The van der Waals surface area contributed by atoms with Crippen molar-refractivity contribution < 1.29 is 40.0 Å². The van der Waals surface area contributed by atoms with Crippen LogP contribution in [0.3, 0.4) is 0 Å². The number of anilines is 3. The number of amides is 2. The second kappa shape index (κ2) is 9.24. The van der Waals surface area contributed by atoms with E-state index in [9.17, 15) is 40.0 Å². The SMILES string of the molecule is CC(=O)Nc1ccc(C(=O)Nc2c(F)ccc(NS(=O)(=O)CCC(F)(F)F)c2F)cn1. The first-order valence-electron chi connectivity index (χ1n) is 8.37. The molecule has 0 fully saturated rings. The van der Waals surface area contributed by atoms with Crippen molar-refractivity contribution in [1.29, 1.82) is 0 Å². The van der Waals surface area contributed by atoms with Crippen LogP contribution in [0.25, 0.3) is 0 Å². The maximum absolute atomic E-state index is 14.6. The van der Waals surface area contributed by atoms with E-state index in [1.807, 2.05) is 5.32 Å². The second-order valence-corrected chi connectivity index (χ2v) is 7.98. The second-order valence-electron chi connectivity index (χ2n) is 6.14. The Hall–Kier alpha value is -3.29. The smallest absolute Gasteiger partial charge is 0.317 e. The Balaban J connectivity index is 2.20. The third-order valence-corrected chi connectivity index (χ3v) is 4.85. The fourth-order valence-electron chi connectivity index (χ4n) is 2.18. The molecule has 0 aliphatic heterocycles. The van der Waals surface area contributed by atoms with Crippen LogP contribution in [0.15, 0.2) is 30.5 Å². The number of halogens is 5. The van der Waals surface area contributed by atoms with E-state index in [0.29, 0.717) is 12.1 Å². The molecule has 3 N–H and O–H groups in total. The molecule has 0 bridgehead atoms. The minimum absolute atomic E-state index is 0.122. The van der Waals surface area contributed by atoms with E-state index in [1.165, 1.54) is 19.1 Å². The number of hydrogen-bond donors (Lipinski definition) is 3. The number of hydrogen-bond acceptors (Lipinski definition) is 5. The van der Waals surface area contributed by atoms with Crippen molar-refractivity contribution >= 4 is 39.0 Å². The number of nitrogens with zero attached hydrogens (tertiary/aromatic N) is 1. The van der Waals surface area contributed by atoms with Crippen LogP contribution in [0, 0.1) is 11.6 Å². The zero-order chi connectivity index (χ0) is 23.4. The van der Waals surface area contributed by atoms with E-state index >= 15 is 0 Å². The van der Waals surface area contributed by atoms with Crippen LogP contribution in [0.1, 0.15) is 23.7 Å². The molecule has 31 heavy (non-hydrogen) atoms. The van der Waals surface area contributed by atoms with Gasteiger partial charge in [0.05, 0.1) is 23.4 Å². The van der Waals surface area contributed by atoms with Gasteiger partial charge in [0.25, 0.3) is 5.91 Å². The molecule has 14 heteroatoms. The van der Waals surface area contributed by atoms with Gasteiger partial charge in [0.1, 0.15) is 17.3 Å². The lowest BCUT2D eigenvalue weighted by Crippen LogP contribution is -2.23. The lowest BCUT2D eigenvalue weighted by atomic mass is 10.2. The average molecular weight is 466 g/mol. The van der Waals surface area contributed by atoms with Crippen molar-refractivity contribution in [3.63, 3.8) is 0 Å². The molecule has 0 saturated carbocycles. The molecule has 2 amide bonds. The first-order valence-corrected chi connectivity index (χ1v) is 10.0. The van der Waals surface area contributed by atoms with Crippen molar-refractivity contribution in [2.45, 2.75) is 19.5 Å². The van der Waals surface area contributed by atoms with Gasteiger partial charge in [0, 0.05) is 13.1 Å². The minimum Gasteiger partial charge on any atom is -0.317 e. The molecule has 1 heterocycles. The molecule has 1 aromatic carbocycles. The Bertz CT molecular complexity index is 1090. The van der Waals surface area contributed by atoms with Gasteiger partial charge in [0.2, 0.25) is 15.9 Å². The largest absolute Gasteiger partial charge is 0.390 e. The Morgan fingerprint density at radius 3 is 2.29 bits per heavy atom. The van der Waals surface area contributed by atoms with Gasteiger partial charge >= 0.3 is 6.18 Å². The van der Waals surface area contributed by atoms with E-state index in [2.05, 4.69) is 10.3 Å². The van der Waals surface area contributed by atoms with Crippen LogP contribution in [-0.4, -0.2) is 37.1 Å². The van der Waals surface area contributed by atoms with E-state index in [-0.39, 0.29) is 11.4 Å². The molecule has 8 nitrogen and oxygen atoms in total. The number of pyridine rings is 1. The Morgan fingerprint density at radius 2 is 1.74 bits per heavy atom. The van der Waals surface area contributed by atoms with Gasteiger partial charge < -0.3 is 10.6 Å². The van der Waals surface area contributed by atoms with E-state index in [1.54, 1.807) is 4.72 Å². The Kier molecular flexibility index (Phi) is 7.15. The summed E-state index contributed by atoms with van der Waals surface area (Å²) in [6, 6.07) is 3.75. The zero-order valence-electron chi connectivity index (χ0n) is 15.7. The molecule has 0 unspecified atom stereocenters. The third-order valence-electron chi connectivity index (χ3n) is 3.58. The monoisotopic (exact) mass is 466 g/mol. The van der Waals surface area contributed by atoms with E-state index in [0.717, 1.165) is 6.20 Å². The van der Waals surface area contributed by atoms with Crippen LogP contribution in [0.5, 0.6) is 0 Å². The normalized spacial score (nSPS) is 11.7. The summed E-state index contributed by atoms with van der Waals surface area (Å²) in [5.41, 5.74) is -2.02. The molecule has 2 rings (SSSR count). The molecule has 0 atom stereocenters. The number of carbonyl (C=O) groups is 2. The van der Waals surface area contributed by atoms with Gasteiger partial charge in [-0.05, 0) is 24.3 Å². The molecule has 0 spiro atoms. The van der Waals surface area contributed by atoms with Crippen LogP contribution in [0.4, 0.5) is 39.1 Å². The summed E-state index contributed by atoms with van der Waals surface area (Å²) in [6.07, 6.45) is -5.41. The highest BCUT2D eigenvalue weighted by atomic mass is 32.2. The number of sulfonamides is 1. The summed E-state index contributed by atoms with van der Waals surface area (Å²) >= 11 is 0. The molecule has 0 aliphatic carbocycles. The van der Waals surface area contributed by atoms with Gasteiger partial charge in [-0.1, -0.05) is 0 Å². The molecule has 1 aromatic heterocycles. The first-order chi connectivity index (χ1) is 14.3. The van der Waals surface area contributed by atoms with Gasteiger partial charge in [-0.3, -0.25) is 14.3 Å². The van der Waals surface area contributed by atoms with Gasteiger partial charge in [0.15, 0.2) is 5.82 Å². The van der Waals surface area contributed by atoms with Crippen molar-refractivity contribution in [3.8, 4) is 0 Å². The van der Waals surface area contributed by atoms with E-state index < -0.39 is 63.2 Å². The number of aromatic nitrogens is 1. The summed E-state index contributed by atoms with van der Waals surface area (Å²) in [4.78, 5) is 26.9. The number of nitrogens with one attached hydrogen (secondary N) is 3. The predicted molar refractivity (Wildman–Crippen MR) is 101 cm³/mol. The Labute approximate surface area is 172 Å². The van der Waals surface area contributed by atoms with Crippen molar-refractivity contribution in [1.82, 2.24) is 4.98 Å². The molecule has 0 saturated heterocycles. The summed E-state index contributed by atoms with van der Waals surface area (Å²) in [7, 11) is -4.60. The van der Waals surface area contributed by atoms with Gasteiger partial charge in [-0.15, -0.1) is 0 Å². The topological polar surface area (TPSA) is 117 Å². The zero-order valence-corrected chi connectivity index (χ0v) is 16.5. The Morgan fingerprint density at radius 1 is 1.06 bits per heavy atom. The number of alkyl halides is 3. The quantitative estimate of drug-likeness (QED) is 0.542. The minimum atomic E-state index is -4.75. The van der Waals surface area contributed by atoms with Crippen molar-refractivity contribution in [3.05, 3.63) is 47.7 Å². The van der Waals surface area contributed by atoms with Gasteiger partial charge in [-0.2, -0.15) is 13.2 Å². The molecular formula is C17H15F5N4O4S. The average Bonchev–Trinajstić information content (AvgIpc) is 2.65. The lowest BCUT2D eigenvalue weighted by Gasteiger charge is -2.14. The van der Waals surface area contributed by atoms with Crippen molar-refractivity contribution in [2.75, 3.05) is 21.1 Å².